The summed E-state index contributed by atoms with van der Waals surface area (Å²) in [6.45, 7) is 4.65. The molecule has 0 bridgehead atoms. The number of aldehydes is 1. The maximum atomic E-state index is 13.3. The summed E-state index contributed by atoms with van der Waals surface area (Å²) in [5, 5.41) is 10.3. The van der Waals surface area contributed by atoms with Gasteiger partial charge in [-0.25, -0.2) is 0 Å². The summed E-state index contributed by atoms with van der Waals surface area (Å²) in [5.41, 5.74) is 0.971. The molecule has 2 aromatic carbocycles. The highest BCUT2D eigenvalue weighted by Crippen LogP contribution is 2.36. The summed E-state index contributed by atoms with van der Waals surface area (Å²) >= 11 is 0. The monoisotopic (exact) mass is 436 g/mol. The fourth-order valence-electron chi connectivity index (χ4n) is 4.00. The van der Waals surface area contributed by atoms with Crippen molar-refractivity contribution in [1.82, 2.24) is 9.80 Å². The third kappa shape index (κ3) is 3.62. The number of fused-ring (bicyclic) bond motifs is 1. The third-order valence-corrected chi connectivity index (χ3v) is 5.88. The van der Waals surface area contributed by atoms with Gasteiger partial charge in [0.05, 0.1) is 18.1 Å². The topological polar surface area (TPSA) is 100 Å². The molecule has 1 aliphatic rings. The Balaban J connectivity index is 1.75. The van der Waals surface area contributed by atoms with E-state index in [-0.39, 0.29) is 39.4 Å². The Morgan fingerprint density at radius 3 is 2.41 bits per heavy atom. The molecule has 3 aromatic rings. The van der Waals surface area contributed by atoms with Crippen LogP contribution in [0.2, 0.25) is 0 Å². The van der Waals surface area contributed by atoms with Crippen LogP contribution in [0.1, 0.15) is 26.5 Å². The van der Waals surface area contributed by atoms with Gasteiger partial charge >= 0.3 is 0 Å². The summed E-state index contributed by atoms with van der Waals surface area (Å²) in [6, 6.07) is 8.19. The third-order valence-electron chi connectivity index (χ3n) is 5.88. The van der Waals surface area contributed by atoms with Crippen LogP contribution in [0, 0.1) is 6.92 Å². The van der Waals surface area contributed by atoms with E-state index in [2.05, 4.69) is 4.90 Å². The van der Waals surface area contributed by atoms with Crippen LogP contribution in [0.4, 0.5) is 0 Å². The largest absolute Gasteiger partial charge is 0.504 e. The van der Waals surface area contributed by atoms with Gasteiger partial charge in [-0.1, -0.05) is 12.1 Å². The molecule has 0 aliphatic carbocycles. The van der Waals surface area contributed by atoms with Crippen molar-refractivity contribution in [2.45, 2.75) is 6.92 Å². The fourth-order valence-corrected chi connectivity index (χ4v) is 4.00. The van der Waals surface area contributed by atoms with Crippen molar-refractivity contribution in [3.8, 4) is 22.6 Å². The number of likely N-dealkylation sites (N-methyl/N-ethyl adjacent to an activating group) is 1. The summed E-state index contributed by atoms with van der Waals surface area (Å²) in [6.07, 6.45) is 0.432. The molecule has 1 fully saturated rings. The molecule has 1 amide bonds. The van der Waals surface area contributed by atoms with Crippen LogP contribution >= 0.6 is 0 Å². The van der Waals surface area contributed by atoms with Crippen LogP contribution in [0.15, 0.2) is 39.5 Å². The van der Waals surface area contributed by atoms with Crippen molar-refractivity contribution in [3.05, 3.63) is 57.4 Å². The molecule has 32 heavy (non-hydrogen) atoms. The first-order valence-electron chi connectivity index (χ1n) is 10.3. The molecule has 0 spiro atoms. The van der Waals surface area contributed by atoms with E-state index >= 15 is 0 Å². The van der Waals surface area contributed by atoms with Gasteiger partial charge in [0, 0.05) is 31.7 Å². The maximum absolute atomic E-state index is 13.3. The van der Waals surface area contributed by atoms with Crippen molar-refractivity contribution in [2.24, 2.45) is 0 Å². The van der Waals surface area contributed by atoms with Gasteiger partial charge in [-0.05, 0) is 37.7 Å². The number of benzene rings is 2. The Labute approximate surface area is 184 Å². The van der Waals surface area contributed by atoms with Crippen molar-refractivity contribution < 1.29 is 23.8 Å². The smallest absolute Gasteiger partial charge is 0.253 e. The van der Waals surface area contributed by atoms with Crippen molar-refractivity contribution in [3.63, 3.8) is 0 Å². The number of amides is 1. The van der Waals surface area contributed by atoms with E-state index < -0.39 is 0 Å². The van der Waals surface area contributed by atoms with E-state index in [0.717, 1.165) is 13.1 Å². The zero-order valence-corrected chi connectivity index (χ0v) is 18.2. The van der Waals surface area contributed by atoms with Crippen LogP contribution in [0.3, 0.4) is 0 Å². The Bertz CT molecular complexity index is 1250. The number of nitrogens with zero attached hydrogens (tertiary/aromatic N) is 2. The number of piperazine rings is 1. The van der Waals surface area contributed by atoms with Crippen LogP contribution in [0.25, 0.3) is 22.1 Å². The molecule has 1 N–H and O–H groups in total. The minimum Gasteiger partial charge on any atom is -0.504 e. The number of carbonyl (C=O) groups excluding carboxylic acids is 2. The first-order valence-corrected chi connectivity index (χ1v) is 10.3. The molecule has 8 nitrogen and oxygen atoms in total. The molecular formula is C24H24N2O6. The minimum absolute atomic E-state index is 0.00594. The Kier molecular flexibility index (Phi) is 5.71. The van der Waals surface area contributed by atoms with Crippen LogP contribution < -0.4 is 10.2 Å². The molecule has 1 aromatic heterocycles. The first kappa shape index (κ1) is 21.6. The first-order chi connectivity index (χ1) is 15.3. The number of aromatic hydroxyl groups is 1. The number of hydrogen-bond acceptors (Lipinski definition) is 7. The van der Waals surface area contributed by atoms with Gasteiger partial charge in [-0.15, -0.1) is 0 Å². The van der Waals surface area contributed by atoms with Crippen LogP contribution in [-0.4, -0.2) is 67.4 Å². The van der Waals surface area contributed by atoms with Crippen LogP contribution in [-0.2, 0) is 0 Å². The summed E-state index contributed by atoms with van der Waals surface area (Å²) in [5.74, 6) is -0.108. The molecule has 1 saturated heterocycles. The van der Waals surface area contributed by atoms with Gasteiger partial charge in [-0.2, -0.15) is 0 Å². The Morgan fingerprint density at radius 2 is 1.81 bits per heavy atom. The minimum atomic E-state index is -0.378. The second kappa shape index (κ2) is 8.47. The number of ether oxygens (including phenoxy) is 1. The zero-order chi connectivity index (χ0) is 23.0. The zero-order valence-electron chi connectivity index (χ0n) is 18.2. The SMILES string of the molecule is COc1cc2c(=O)c(-c3ccc(C(=O)N4CCN(C)CC4)cc3)c(C)oc2c(C=O)c1O. The van der Waals surface area contributed by atoms with Gasteiger partial charge in [0.15, 0.2) is 23.4 Å². The van der Waals surface area contributed by atoms with E-state index in [1.807, 2.05) is 11.9 Å². The Hall–Kier alpha value is -3.65. The number of methoxy groups -OCH3 is 1. The summed E-state index contributed by atoms with van der Waals surface area (Å²) in [4.78, 5) is 41.6. The van der Waals surface area contributed by atoms with E-state index in [1.54, 1.807) is 31.2 Å². The van der Waals surface area contributed by atoms with E-state index in [9.17, 15) is 19.5 Å². The van der Waals surface area contributed by atoms with Gasteiger partial charge < -0.3 is 24.1 Å². The lowest BCUT2D eigenvalue weighted by atomic mass is 9.99. The van der Waals surface area contributed by atoms with Crippen molar-refractivity contribution in [1.29, 1.82) is 0 Å². The number of phenols is 1. The molecular weight excluding hydrogens is 412 g/mol. The standard InChI is InChI=1S/C24H24N2O6/c1-14-20(22(29)17-12-19(31-3)21(28)18(13-27)23(17)32-14)15-4-6-16(7-5-15)24(30)26-10-8-25(2)9-11-26/h4-7,12-13,28H,8-11H2,1-3H3. The van der Waals surface area contributed by atoms with E-state index in [4.69, 9.17) is 9.15 Å². The molecule has 166 valence electrons. The molecule has 0 atom stereocenters. The second-order valence-electron chi connectivity index (χ2n) is 7.87. The number of phenolic OH excluding ortho intramolecular Hbond substituents is 1. The number of rotatable bonds is 4. The van der Waals surface area contributed by atoms with Gasteiger partial charge in [0.25, 0.3) is 5.91 Å². The molecule has 8 heteroatoms. The highest BCUT2D eigenvalue weighted by molar-refractivity contribution is 6.00. The maximum Gasteiger partial charge on any atom is 0.253 e. The predicted molar refractivity (Wildman–Crippen MR) is 120 cm³/mol. The van der Waals surface area contributed by atoms with Gasteiger partial charge in [0.2, 0.25) is 5.43 Å². The highest BCUT2D eigenvalue weighted by atomic mass is 16.5. The number of carbonyl (C=O) groups is 2. The summed E-state index contributed by atoms with van der Waals surface area (Å²) < 4.78 is 10.9. The molecule has 0 unspecified atom stereocenters. The van der Waals surface area contributed by atoms with Gasteiger partial charge in [-0.3, -0.25) is 14.4 Å². The average molecular weight is 436 g/mol. The predicted octanol–water partition coefficient (Wildman–Crippen LogP) is 2.68. The summed E-state index contributed by atoms with van der Waals surface area (Å²) in [7, 11) is 3.37. The lowest BCUT2D eigenvalue weighted by Gasteiger charge is -2.32. The van der Waals surface area contributed by atoms with Crippen molar-refractivity contribution >= 4 is 23.2 Å². The number of hydrogen-bond donors (Lipinski definition) is 1. The van der Waals surface area contributed by atoms with E-state index in [0.29, 0.717) is 41.8 Å². The molecule has 1 aliphatic heterocycles. The van der Waals surface area contributed by atoms with Crippen LogP contribution in [0.5, 0.6) is 11.5 Å². The molecule has 2 heterocycles. The number of aryl methyl sites for hydroxylation is 1. The lowest BCUT2D eigenvalue weighted by Crippen LogP contribution is -2.47. The lowest BCUT2D eigenvalue weighted by molar-refractivity contribution is 0.0664. The van der Waals surface area contributed by atoms with Gasteiger partial charge in [0.1, 0.15) is 11.3 Å². The normalized spacial score (nSPS) is 14.5. The quantitative estimate of drug-likeness (QED) is 0.628. The molecule has 4 rings (SSSR count). The highest BCUT2D eigenvalue weighted by Gasteiger charge is 2.23. The second-order valence-corrected chi connectivity index (χ2v) is 7.87. The molecule has 0 saturated carbocycles. The fraction of sp³-hybridized carbons (Fsp3) is 0.292. The van der Waals surface area contributed by atoms with E-state index in [1.165, 1.54) is 13.2 Å². The van der Waals surface area contributed by atoms with Crippen molar-refractivity contribution in [2.75, 3.05) is 40.3 Å². The average Bonchev–Trinajstić information content (AvgIpc) is 2.79. The molecule has 0 radical (unpaired) electrons. The Morgan fingerprint density at radius 1 is 1.16 bits per heavy atom.